The Hall–Kier alpha value is -2.24. The largest absolute Gasteiger partial charge is 0.465 e. The molecule has 2 aromatic heterocycles. The smallest absolute Gasteiger partial charge is 0.407 e. The number of piperazine rings is 1. The van der Waals surface area contributed by atoms with Gasteiger partial charge < -0.3 is 14.7 Å². The van der Waals surface area contributed by atoms with E-state index in [1.54, 1.807) is 0 Å². The Morgan fingerprint density at radius 2 is 1.89 bits per heavy atom. The zero-order chi connectivity index (χ0) is 24.5. The first-order valence-corrected chi connectivity index (χ1v) is 12.5. The van der Waals surface area contributed by atoms with Crippen molar-refractivity contribution in [3.63, 3.8) is 0 Å². The molecule has 4 aliphatic rings. The molecule has 4 fully saturated rings. The fourth-order valence-electron chi connectivity index (χ4n) is 6.40. The van der Waals surface area contributed by atoms with Crippen LogP contribution in [0.5, 0.6) is 6.01 Å². The Labute approximate surface area is 210 Å². The number of amides is 1. The van der Waals surface area contributed by atoms with Gasteiger partial charge in [0.15, 0.2) is 11.0 Å². The summed E-state index contributed by atoms with van der Waals surface area (Å²) in [4.78, 5) is 30.0. The number of alkyl halides is 1. The second-order valence-corrected chi connectivity index (χ2v) is 10.6. The van der Waals surface area contributed by atoms with Gasteiger partial charge in [-0.05, 0) is 32.2 Å². The van der Waals surface area contributed by atoms with Gasteiger partial charge in [-0.1, -0.05) is 23.2 Å². The molecule has 13 heteroatoms. The number of rotatable bonds is 4. The van der Waals surface area contributed by atoms with E-state index in [2.05, 4.69) is 19.9 Å². The number of aromatic nitrogens is 3. The molecular weight excluding hydrogens is 505 g/mol. The third-order valence-corrected chi connectivity index (χ3v) is 8.42. The quantitative estimate of drug-likeness (QED) is 0.599. The Morgan fingerprint density at radius 3 is 2.60 bits per heavy atom. The third kappa shape index (κ3) is 3.74. The highest BCUT2D eigenvalue weighted by Crippen LogP contribution is 2.42. The summed E-state index contributed by atoms with van der Waals surface area (Å²) in [5.41, 5.74) is -0.533. The van der Waals surface area contributed by atoms with Crippen molar-refractivity contribution in [3.05, 3.63) is 16.1 Å². The fraction of sp³-hybridized carbons (Fsp3) is 0.636. The summed E-state index contributed by atoms with van der Waals surface area (Å²) in [5.74, 6) is -0.507. The minimum absolute atomic E-state index is 0.0439. The van der Waals surface area contributed by atoms with E-state index in [1.807, 2.05) is 4.90 Å². The standard InChI is InChI=1S/C22H24Cl2F2N6O3/c23-17-14-16(15(26)18(24)28-17)27-20(35-10-22-4-1-5-31(22)7-11(25)6-22)29-19(14)30-8-12-2-3-13(9-30)32(12)21(33)34/h11-13H,1-10H2,(H,33,34)/t11-,12-,13+,22+/m1/s1. The number of fused-ring (bicyclic) bond motifs is 4. The van der Waals surface area contributed by atoms with Gasteiger partial charge in [0.25, 0.3) is 0 Å². The van der Waals surface area contributed by atoms with Crippen molar-refractivity contribution in [1.82, 2.24) is 24.8 Å². The molecule has 0 radical (unpaired) electrons. The van der Waals surface area contributed by atoms with Crippen LogP contribution < -0.4 is 9.64 Å². The molecule has 2 aromatic rings. The summed E-state index contributed by atoms with van der Waals surface area (Å²) in [6.45, 7) is 2.13. The number of carboxylic acid groups (broad SMARTS) is 1. The zero-order valence-electron chi connectivity index (χ0n) is 18.8. The van der Waals surface area contributed by atoms with Crippen molar-refractivity contribution in [2.24, 2.45) is 0 Å². The maximum atomic E-state index is 15.1. The minimum atomic E-state index is -0.950. The van der Waals surface area contributed by atoms with Crippen LogP contribution in [-0.4, -0.2) is 92.5 Å². The molecule has 0 unspecified atom stereocenters. The van der Waals surface area contributed by atoms with E-state index in [-0.39, 0.29) is 40.8 Å². The van der Waals surface area contributed by atoms with E-state index in [0.717, 1.165) is 32.2 Å². The second kappa shape index (κ2) is 8.41. The summed E-state index contributed by atoms with van der Waals surface area (Å²) in [5, 5.41) is 9.35. The van der Waals surface area contributed by atoms with Crippen LogP contribution >= 0.6 is 23.2 Å². The van der Waals surface area contributed by atoms with Crippen molar-refractivity contribution < 1.29 is 23.4 Å². The minimum Gasteiger partial charge on any atom is -0.465 e. The van der Waals surface area contributed by atoms with Gasteiger partial charge in [-0.3, -0.25) is 9.80 Å². The summed E-state index contributed by atoms with van der Waals surface area (Å²) in [6, 6.07) is -0.480. The molecule has 6 heterocycles. The zero-order valence-corrected chi connectivity index (χ0v) is 20.3. The number of ether oxygens (including phenoxy) is 1. The molecule has 0 spiro atoms. The molecule has 0 aliphatic carbocycles. The lowest BCUT2D eigenvalue weighted by Gasteiger charge is -2.40. The normalized spacial score (nSPS) is 30.3. The van der Waals surface area contributed by atoms with Crippen LogP contribution in [-0.2, 0) is 0 Å². The Morgan fingerprint density at radius 1 is 1.14 bits per heavy atom. The van der Waals surface area contributed by atoms with Crippen LogP contribution in [0.3, 0.4) is 0 Å². The third-order valence-electron chi connectivity index (χ3n) is 7.89. The van der Waals surface area contributed by atoms with Gasteiger partial charge >= 0.3 is 12.1 Å². The van der Waals surface area contributed by atoms with Gasteiger partial charge in [-0.15, -0.1) is 0 Å². The molecule has 4 saturated heterocycles. The number of pyridine rings is 1. The van der Waals surface area contributed by atoms with Crippen molar-refractivity contribution in [1.29, 1.82) is 0 Å². The first-order chi connectivity index (χ1) is 16.8. The molecule has 0 aromatic carbocycles. The second-order valence-electron chi connectivity index (χ2n) is 9.90. The monoisotopic (exact) mass is 528 g/mol. The Kier molecular flexibility index (Phi) is 5.57. The maximum absolute atomic E-state index is 15.1. The fourth-order valence-corrected chi connectivity index (χ4v) is 6.87. The van der Waals surface area contributed by atoms with E-state index in [0.29, 0.717) is 31.9 Å². The average molecular weight is 529 g/mol. The maximum Gasteiger partial charge on any atom is 0.407 e. The molecule has 4 aliphatic heterocycles. The van der Waals surface area contributed by atoms with Crippen molar-refractivity contribution in [3.8, 4) is 6.01 Å². The first kappa shape index (κ1) is 23.2. The molecule has 4 atom stereocenters. The highest BCUT2D eigenvalue weighted by molar-refractivity contribution is 6.37. The summed E-state index contributed by atoms with van der Waals surface area (Å²) >= 11 is 12.3. The van der Waals surface area contributed by atoms with E-state index >= 15 is 4.39 Å². The molecule has 1 N–H and O–H groups in total. The molecule has 9 nitrogen and oxygen atoms in total. The summed E-state index contributed by atoms with van der Waals surface area (Å²) in [7, 11) is 0. The lowest BCUT2D eigenvalue weighted by Crippen LogP contribution is -2.55. The Balaban J connectivity index is 1.38. The number of carbonyl (C=O) groups is 1. The van der Waals surface area contributed by atoms with Crippen LogP contribution in [0, 0.1) is 5.82 Å². The van der Waals surface area contributed by atoms with Gasteiger partial charge in [0.05, 0.1) is 23.0 Å². The van der Waals surface area contributed by atoms with Crippen LogP contribution in [0.2, 0.25) is 10.3 Å². The van der Waals surface area contributed by atoms with Crippen LogP contribution in [0.4, 0.5) is 19.4 Å². The van der Waals surface area contributed by atoms with Crippen molar-refractivity contribution in [2.75, 3.05) is 37.7 Å². The van der Waals surface area contributed by atoms with Gasteiger partial charge in [0.2, 0.25) is 0 Å². The number of nitrogens with zero attached hydrogens (tertiary/aromatic N) is 6. The van der Waals surface area contributed by atoms with E-state index in [4.69, 9.17) is 27.9 Å². The predicted molar refractivity (Wildman–Crippen MR) is 125 cm³/mol. The van der Waals surface area contributed by atoms with Crippen LogP contribution in [0.1, 0.15) is 32.1 Å². The van der Waals surface area contributed by atoms with Gasteiger partial charge in [0, 0.05) is 26.1 Å². The molecule has 0 saturated carbocycles. The molecule has 6 rings (SSSR count). The van der Waals surface area contributed by atoms with Crippen LogP contribution in [0.25, 0.3) is 10.9 Å². The van der Waals surface area contributed by atoms with E-state index < -0.39 is 28.8 Å². The van der Waals surface area contributed by atoms with Crippen molar-refractivity contribution >= 4 is 46.0 Å². The number of hydrogen-bond donors (Lipinski definition) is 1. The lowest BCUT2D eigenvalue weighted by molar-refractivity contribution is 0.107. The topological polar surface area (TPSA) is 94.9 Å². The van der Waals surface area contributed by atoms with E-state index in [9.17, 15) is 14.3 Å². The predicted octanol–water partition coefficient (Wildman–Crippen LogP) is 3.76. The average Bonchev–Trinajstić information content (AvgIpc) is 3.43. The molecule has 35 heavy (non-hydrogen) atoms. The number of halogens is 4. The molecule has 188 valence electrons. The van der Waals surface area contributed by atoms with Crippen LogP contribution in [0.15, 0.2) is 0 Å². The summed E-state index contributed by atoms with van der Waals surface area (Å²) in [6.07, 6.45) is 1.75. The SMILES string of the molecule is O=C(O)N1[C@@H]2CC[C@H]1CN(c1nc(OC[C@@]34CCCN3C[C@H](F)C4)nc3c(F)c(Cl)nc(Cl)c13)C2. The highest BCUT2D eigenvalue weighted by Gasteiger charge is 2.49. The Bertz CT molecular complexity index is 1190. The number of anilines is 1. The van der Waals surface area contributed by atoms with E-state index in [1.165, 1.54) is 4.90 Å². The highest BCUT2D eigenvalue weighted by atomic mass is 35.5. The summed E-state index contributed by atoms with van der Waals surface area (Å²) < 4.78 is 35.3. The molecule has 1 amide bonds. The molecular formula is C22H24Cl2F2N6O3. The van der Waals surface area contributed by atoms with Crippen molar-refractivity contribution in [2.45, 2.75) is 55.9 Å². The first-order valence-electron chi connectivity index (χ1n) is 11.8. The number of hydrogen-bond acceptors (Lipinski definition) is 7. The van der Waals surface area contributed by atoms with Gasteiger partial charge in [-0.2, -0.15) is 9.97 Å². The molecule has 2 bridgehead atoms. The van der Waals surface area contributed by atoms with Gasteiger partial charge in [0.1, 0.15) is 29.3 Å². The lowest BCUT2D eigenvalue weighted by atomic mass is 9.95. The van der Waals surface area contributed by atoms with Gasteiger partial charge in [-0.25, -0.2) is 18.6 Å².